The zero-order chi connectivity index (χ0) is 36.9. The fourth-order valence-electron chi connectivity index (χ4n) is 6.98. The van der Waals surface area contributed by atoms with Crippen LogP contribution in [0.4, 0.5) is 17.1 Å². The monoisotopic (exact) mass is 685 g/mol. The van der Waals surface area contributed by atoms with E-state index in [-0.39, 0.29) is 0 Å². The van der Waals surface area contributed by atoms with E-state index < -0.39 is 0 Å². The molecule has 0 N–H and O–H groups in total. The Bertz CT molecular complexity index is 2260. The summed E-state index contributed by atoms with van der Waals surface area (Å²) in [5.74, 6) is 0. The van der Waals surface area contributed by atoms with Crippen molar-refractivity contribution in [2.24, 2.45) is 0 Å². The van der Waals surface area contributed by atoms with Gasteiger partial charge in [0, 0.05) is 17.1 Å². The molecule has 0 aromatic heterocycles. The van der Waals surface area contributed by atoms with E-state index in [2.05, 4.69) is 222 Å². The number of hydrogen-bond acceptors (Lipinski definition) is 1. The molecule has 7 aromatic rings. The maximum absolute atomic E-state index is 2.37. The van der Waals surface area contributed by atoms with Crippen molar-refractivity contribution in [1.29, 1.82) is 0 Å². The van der Waals surface area contributed by atoms with E-state index in [1.165, 1.54) is 72.5 Å². The van der Waals surface area contributed by atoms with Crippen LogP contribution < -0.4 is 4.90 Å². The molecule has 260 valence electrons. The summed E-state index contributed by atoms with van der Waals surface area (Å²) < 4.78 is 0. The van der Waals surface area contributed by atoms with Gasteiger partial charge in [0.15, 0.2) is 0 Å². The Labute approximate surface area is 316 Å². The van der Waals surface area contributed by atoms with Crippen LogP contribution in [0.5, 0.6) is 0 Å². The summed E-state index contributed by atoms with van der Waals surface area (Å²) in [4.78, 5) is 2.37. The molecule has 0 aliphatic rings. The normalized spacial score (nSPS) is 11.8. The quantitative estimate of drug-likeness (QED) is 0.137. The molecule has 0 saturated heterocycles. The lowest BCUT2D eigenvalue weighted by molar-refractivity contribution is 1.24. The maximum Gasteiger partial charge on any atom is 0.0490 e. The lowest BCUT2D eigenvalue weighted by Gasteiger charge is -2.27. The van der Waals surface area contributed by atoms with Crippen molar-refractivity contribution in [2.45, 2.75) is 41.5 Å². The smallest absolute Gasteiger partial charge is 0.0490 e. The first kappa shape index (κ1) is 35.2. The Morgan fingerprint density at radius 2 is 0.792 bits per heavy atom. The van der Waals surface area contributed by atoms with Gasteiger partial charge in [0.05, 0.1) is 0 Å². The Morgan fingerprint density at radius 1 is 0.358 bits per heavy atom. The van der Waals surface area contributed by atoms with Crippen LogP contribution >= 0.6 is 0 Å². The summed E-state index contributed by atoms with van der Waals surface area (Å²) in [6.45, 7) is 13.1. The summed E-state index contributed by atoms with van der Waals surface area (Å²) in [5, 5.41) is 0. The minimum atomic E-state index is 1.12. The van der Waals surface area contributed by atoms with E-state index in [1.807, 2.05) is 0 Å². The van der Waals surface area contributed by atoms with Crippen LogP contribution in [0, 0.1) is 41.5 Å². The summed E-state index contributed by atoms with van der Waals surface area (Å²) >= 11 is 0. The van der Waals surface area contributed by atoms with Crippen LogP contribution in [0.25, 0.3) is 23.3 Å². The molecule has 0 saturated carbocycles. The lowest BCUT2D eigenvalue weighted by atomic mass is 9.93. The highest BCUT2D eigenvalue weighted by molar-refractivity contribution is 5.93. The Kier molecular flexibility index (Phi) is 10.4. The third-order valence-corrected chi connectivity index (χ3v) is 10.3. The average Bonchev–Trinajstić information content (AvgIpc) is 3.18. The summed E-state index contributed by atoms with van der Waals surface area (Å²) in [7, 11) is 0. The topological polar surface area (TPSA) is 3.24 Å². The van der Waals surface area contributed by atoms with Crippen LogP contribution in [0.3, 0.4) is 0 Å². The third-order valence-electron chi connectivity index (χ3n) is 10.3. The van der Waals surface area contributed by atoms with E-state index in [9.17, 15) is 0 Å². The molecule has 53 heavy (non-hydrogen) atoms. The molecule has 0 spiro atoms. The molecular formula is C52H47N. The molecule has 0 amide bonds. The first-order valence-corrected chi connectivity index (χ1v) is 18.5. The summed E-state index contributed by atoms with van der Waals surface area (Å²) in [6.07, 6.45) is 4.62. The number of anilines is 3. The molecule has 0 aliphatic carbocycles. The van der Waals surface area contributed by atoms with Crippen molar-refractivity contribution < 1.29 is 0 Å². The highest BCUT2D eigenvalue weighted by Crippen LogP contribution is 2.38. The number of aryl methyl sites for hydroxylation is 6. The molecule has 0 fully saturated rings. The van der Waals surface area contributed by atoms with E-state index in [0.29, 0.717) is 0 Å². The molecule has 7 aromatic carbocycles. The predicted molar refractivity (Wildman–Crippen MR) is 229 cm³/mol. The van der Waals surface area contributed by atoms with Gasteiger partial charge in [0.25, 0.3) is 0 Å². The molecule has 0 heterocycles. The standard InChI is InChI=1S/C52H47N/c1-36-17-30-52(41(6)31-36)53(48-26-20-42(21-27-48)34-50(44-13-9-7-10-14-44)46-24-18-37(2)39(4)32-46)49-28-22-43(23-29-49)35-51(45-15-11-8-12-16-45)47-25-19-38(3)40(5)33-47/h7-35H,1-6H3/b50-34-,51-35-. The van der Waals surface area contributed by atoms with Crippen LogP contribution in [-0.2, 0) is 0 Å². The van der Waals surface area contributed by atoms with E-state index in [0.717, 1.165) is 22.5 Å². The highest BCUT2D eigenvalue weighted by atomic mass is 15.1. The SMILES string of the molecule is Cc1ccc(N(c2ccc(/C=C(/c3ccccc3)c3ccc(C)c(C)c3)cc2)c2ccc(/C=C(/c3ccccc3)c3ccc(C)c(C)c3)cc2)c(C)c1. The van der Waals surface area contributed by atoms with Gasteiger partial charge in [-0.05, 0) is 156 Å². The van der Waals surface area contributed by atoms with Gasteiger partial charge < -0.3 is 4.90 Å². The van der Waals surface area contributed by atoms with Gasteiger partial charge in [-0.3, -0.25) is 0 Å². The molecule has 0 atom stereocenters. The molecule has 7 rings (SSSR count). The van der Waals surface area contributed by atoms with Crippen LogP contribution in [0.1, 0.15) is 66.8 Å². The Morgan fingerprint density at radius 3 is 1.19 bits per heavy atom. The lowest BCUT2D eigenvalue weighted by Crippen LogP contribution is -2.11. The summed E-state index contributed by atoms with van der Waals surface area (Å²) in [5.41, 5.74) is 20.7. The Balaban J connectivity index is 1.28. The minimum Gasteiger partial charge on any atom is -0.310 e. The zero-order valence-corrected chi connectivity index (χ0v) is 31.7. The molecule has 1 heteroatoms. The van der Waals surface area contributed by atoms with Gasteiger partial charge in [-0.2, -0.15) is 0 Å². The van der Waals surface area contributed by atoms with Gasteiger partial charge >= 0.3 is 0 Å². The van der Waals surface area contributed by atoms with Gasteiger partial charge in [-0.15, -0.1) is 0 Å². The molecular weight excluding hydrogens is 639 g/mol. The molecule has 0 aliphatic heterocycles. The van der Waals surface area contributed by atoms with Crippen molar-refractivity contribution in [3.8, 4) is 0 Å². The van der Waals surface area contributed by atoms with Crippen LogP contribution in [0.2, 0.25) is 0 Å². The van der Waals surface area contributed by atoms with E-state index in [4.69, 9.17) is 0 Å². The number of hydrogen-bond donors (Lipinski definition) is 0. The van der Waals surface area contributed by atoms with Crippen molar-refractivity contribution in [1.82, 2.24) is 0 Å². The van der Waals surface area contributed by atoms with E-state index in [1.54, 1.807) is 0 Å². The number of rotatable bonds is 9. The average molecular weight is 686 g/mol. The second-order valence-corrected chi connectivity index (χ2v) is 14.3. The highest BCUT2D eigenvalue weighted by Gasteiger charge is 2.16. The molecule has 0 bridgehead atoms. The largest absolute Gasteiger partial charge is 0.310 e. The van der Waals surface area contributed by atoms with Crippen molar-refractivity contribution in [3.63, 3.8) is 0 Å². The predicted octanol–water partition coefficient (Wildman–Crippen LogP) is 14.2. The first-order valence-electron chi connectivity index (χ1n) is 18.5. The van der Waals surface area contributed by atoms with Gasteiger partial charge in [-0.25, -0.2) is 0 Å². The molecule has 0 unspecified atom stereocenters. The van der Waals surface area contributed by atoms with Gasteiger partial charge in [-0.1, -0.05) is 139 Å². The maximum atomic E-state index is 2.37. The van der Waals surface area contributed by atoms with Crippen LogP contribution in [0.15, 0.2) is 164 Å². The van der Waals surface area contributed by atoms with Crippen molar-refractivity contribution in [2.75, 3.05) is 4.90 Å². The van der Waals surface area contributed by atoms with Crippen LogP contribution in [-0.4, -0.2) is 0 Å². The number of nitrogens with zero attached hydrogens (tertiary/aromatic N) is 1. The summed E-state index contributed by atoms with van der Waals surface area (Å²) in [6, 6.07) is 59.6. The minimum absolute atomic E-state index is 1.12. The fourth-order valence-corrected chi connectivity index (χ4v) is 6.98. The van der Waals surface area contributed by atoms with Gasteiger partial charge in [0.1, 0.15) is 0 Å². The van der Waals surface area contributed by atoms with Gasteiger partial charge in [0.2, 0.25) is 0 Å². The second-order valence-electron chi connectivity index (χ2n) is 14.3. The molecule has 0 radical (unpaired) electrons. The Hall–Kier alpha value is -6.18. The van der Waals surface area contributed by atoms with E-state index >= 15 is 0 Å². The van der Waals surface area contributed by atoms with Crippen molar-refractivity contribution >= 4 is 40.4 Å². The zero-order valence-electron chi connectivity index (χ0n) is 31.7. The molecule has 1 nitrogen and oxygen atoms in total. The first-order chi connectivity index (χ1) is 25.7. The fraction of sp³-hybridized carbons (Fsp3) is 0.115. The number of benzene rings is 7. The second kappa shape index (κ2) is 15.6. The third kappa shape index (κ3) is 8.01. The van der Waals surface area contributed by atoms with Crippen molar-refractivity contribution in [3.05, 3.63) is 231 Å².